The minimum atomic E-state index is -0.126. The van der Waals surface area contributed by atoms with Crippen molar-refractivity contribution in [2.24, 2.45) is 0 Å². The van der Waals surface area contributed by atoms with Crippen LogP contribution in [0.3, 0.4) is 0 Å². The van der Waals surface area contributed by atoms with E-state index < -0.39 is 0 Å². The van der Waals surface area contributed by atoms with Gasteiger partial charge in [-0.3, -0.25) is 4.79 Å². The topological polar surface area (TPSA) is 41.6 Å². The van der Waals surface area contributed by atoms with Crippen LogP contribution in [0.25, 0.3) is 0 Å². The Hall–Kier alpha value is -0.610. The summed E-state index contributed by atoms with van der Waals surface area (Å²) in [6, 6.07) is 0.636. The monoisotopic (exact) mass is 230 g/mol. The van der Waals surface area contributed by atoms with E-state index in [-0.39, 0.29) is 5.97 Å². The van der Waals surface area contributed by atoms with Gasteiger partial charge in [0, 0.05) is 25.6 Å². The van der Waals surface area contributed by atoms with Gasteiger partial charge in [-0.05, 0) is 33.4 Å². The molecule has 0 aromatic rings. The minimum absolute atomic E-state index is 0.126. The van der Waals surface area contributed by atoms with Gasteiger partial charge in [0.25, 0.3) is 0 Å². The molecule has 0 bridgehead atoms. The quantitative estimate of drug-likeness (QED) is 0.478. The molecule has 0 rings (SSSR count). The highest BCUT2D eigenvalue weighted by atomic mass is 16.5. The molecule has 0 aliphatic rings. The molecule has 0 radical (unpaired) electrons. The average molecular weight is 230 g/mol. The molecule has 0 aliphatic heterocycles. The fourth-order valence-electron chi connectivity index (χ4n) is 1.37. The predicted octanol–water partition coefficient (Wildman–Crippen LogP) is 1.26. The summed E-state index contributed by atoms with van der Waals surface area (Å²) in [5.41, 5.74) is 0. The van der Waals surface area contributed by atoms with Gasteiger partial charge in [-0.1, -0.05) is 6.92 Å². The van der Waals surface area contributed by atoms with E-state index in [2.05, 4.69) is 35.8 Å². The Bertz CT molecular complexity index is 186. The second kappa shape index (κ2) is 9.60. The summed E-state index contributed by atoms with van der Waals surface area (Å²) in [5, 5.41) is 3.33. The van der Waals surface area contributed by atoms with Gasteiger partial charge in [0.15, 0.2) is 0 Å². The molecular weight excluding hydrogens is 204 g/mol. The Morgan fingerprint density at radius 1 is 1.44 bits per heavy atom. The lowest BCUT2D eigenvalue weighted by Gasteiger charge is -2.23. The van der Waals surface area contributed by atoms with E-state index in [9.17, 15) is 4.79 Å². The third-order valence-electron chi connectivity index (χ3n) is 2.95. The van der Waals surface area contributed by atoms with Crippen molar-refractivity contribution < 1.29 is 9.53 Å². The van der Waals surface area contributed by atoms with E-state index in [1.54, 1.807) is 0 Å². The fraction of sp³-hybridized carbons (Fsp3) is 0.917. The molecule has 1 atom stereocenters. The Kier molecular flexibility index (Phi) is 9.24. The number of carbonyl (C=O) groups excluding carboxylic acids is 1. The van der Waals surface area contributed by atoms with E-state index in [1.807, 2.05) is 0 Å². The largest absolute Gasteiger partial charge is 0.469 e. The third-order valence-corrected chi connectivity index (χ3v) is 2.95. The molecule has 96 valence electrons. The summed E-state index contributed by atoms with van der Waals surface area (Å²) in [5.74, 6) is -0.126. The Morgan fingerprint density at radius 3 is 2.69 bits per heavy atom. The maximum atomic E-state index is 10.8. The molecule has 0 fully saturated rings. The Balaban J connectivity index is 3.30. The zero-order valence-electron chi connectivity index (χ0n) is 11.1. The summed E-state index contributed by atoms with van der Waals surface area (Å²) in [4.78, 5) is 13.2. The molecule has 16 heavy (non-hydrogen) atoms. The summed E-state index contributed by atoms with van der Waals surface area (Å²) in [6.07, 6.45) is 2.53. The van der Waals surface area contributed by atoms with Crippen LogP contribution in [0.1, 0.15) is 33.1 Å². The normalized spacial score (nSPS) is 12.8. The number of nitrogens with zero attached hydrogens (tertiary/aromatic N) is 1. The first-order chi connectivity index (χ1) is 7.61. The molecule has 0 heterocycles. The summed E-state index contributed by atoms with van der Waals surface area (Å²) >= 11 is 0. The van der Waals surface area contributed by atoms with E-state index in [4.69, 9.17) is 0 Å². The van der Waals surface area contributed by atoms with Crippen LogP contribution < -0.4 is 5.32 Å². The molecule has 1 unspecified atom stereocenters. The molecule has 4 heteroatoms. The first-order valence-corrected chi connectivity index (χ1v) is 6.09. The number of methoxy groups -OCH3 is 1. The second-order valence-corrected chi connectivity index (χ2v) is 4.17. The first kappa shape index (κ1) is 15.4. The van der Waals surface area contributed by atoms with Crippen LogP contribution in [0.4, 0.5) is 0 Å². The van der Waals surface area contributed by atoms with Crippen molar-refractivity contribution in [1.82, 2.24) is 10.2 Å². The maximum absolute atomic E-state index is 10.8. The van der Waals surface area contributed by atoms with Gasteiger partial charge in [-0.2, -0.15) is 0 Å². The lowest BCUT2D eigenvalue weighted by Crippen LogP contribution is -2.35. The van der Waals surface area contributed by atoms with Gasteiger partial charge >= 0.3 is 5.97 Å². The standard InChI is InChI=1S/C12H26N2O2/c1-5-11(2)14(3)10-9-13-8-6-7-12(15)16-4/h11,13H,5-10H2,1-4H3. The molecule has 0 saturated carbocycles. The maximum Gasteiger partial charge on any atom is 0.305 e. The highest BCUT2D eigenvalue weighted by Crippen LogP contribution is 1.98. The van der Waals surface area contributed by atoms with Crippen molar-refractivity contribution in [3.8, 4) is 0 Å². The van der Waals surface area contributed by atoms with Crippen LogP contribution in [0.15, 0.2) is 0 Å². The van der Waals surface area contributed by atoms with Crippen LogP contribution in [-0.4, -0.2) is 50.7 Å². The Labute approximate surface area is 99.3 Å². The number of hydrogen-bond acceptors (Lipinski definition) is 4. The zero-order valence-corrected chi connectivity index (χ0v) is 11.1. The molecule has 0 aromatic heterocycles. The van der Waals surface area contributed by atoms with Crippen molar-refractivity contribution >= 4 is 5.97 Å². The summed E-state index contributed by atoms with van der Waals surface area (Å²) in [6.45, 7) is 7.33. The zero-order chi connectivity index (χ0) is 12.4. The number of rotatable bonds is 9. The van der Waals surface area contributed by atoms with Gasteiger partial charge in [0.1, 0.15) is 0 Å². The fourth-order valence-corrected chi connectivity index (χ4v) is 1.37. The average Bonchev–Trinajstić information content (AvgIpc) is 2.31. The minimum Gasteiger partial charge on any atom is -0.469 e. The third kappa shape index (κ3) is 7.65. The van der Waals surface area contributed by atoms with Crippen molar-refractivity contribution in [1.29, 1.82) is 0 Å². The van der Waals surface area contributed by atoms with Crippen LogP contribution in [0.5, 0.6) is 0 Å². The number of likely N-dealkylation sites (N-methyl/N-ethyl adjacent to an activating group) is 1. The van der Waals surface area contributed by atoms with E-state index in [1.165, 1.54) is 13.5 Å². The van der Waals surface area contributed by atoms with Crippen molar-refractivity contribution in [2.45, 2.75) is 39.2 Å². The molecule has 4 nitrogen and oxygen atoms in total. The number of carbonyl (C=O) groups is 1. The van der Waals surface area contributed by atoms with E-state index >= 15 is 0 Å². The van der Waals surface area contributed by atoms with Crippen LogP contribution in [0.2, 0.25) is 0 Å². The van der Waals surface area contributed by atoms with Crippen molar-refractivity contribution in [3.05, 3.63) is 0 Å². The van der Waals surface area contributed by atoms with Crippen LogP contribution in [-0.2, 0) is 9.53 Å². The molecule has 0 aliphatic carbocycles. The van der Waals surface area contributed by atoms with Crippen LogP contribution in [0, 0.1) is 0 Å². The van der Waals surface area contributed by atoms with Gasteiger partial charge in [-0.25, -0.2) is 0 Å². The number of esters is 1. The molecule has 0 aromatic carbocycles. The molecular formula is C12H26N2O2. The van der Waals surface area contributed by atoms with Gasteiger partial charge in [0.2, 0.25) is 0 Å². The second-order valence-electron chi connectivity index (χ2n) is 4.17. The SMILES string of the molecule is CCC(C)N(C)CCNCCCC(=O)OC. The van der Waals surface area contributed by atoms with Gasteiger partial charge < -0.3 is 15.0 Å². The van der Waals surface area contributed by atoms with Gasteiger partial charge in [0.05, 0.1) is 7.11 Å². The number of nitrogens with one attached hydrogen (secondary N) is 1. The first-order valence-electron chi connectivity index (χ1n) is 6.09. The lowest BCUT2D eigenvalue weighted by molar-refractivity contribution is -0.140. The Morgan fingerprint density at radius 2 is 2.12 bits per heavy atom. The highest BCUT2D eigenvalue weighted by Gasteiger charge is 2.05. The highest BCUT2D eigenvalue weighted by molar-refractivity contribution is 5.68. The molecule has 0 saturated heterocycles. The van der Waals surface area contributed by atoms with Crippen molar-refractivity contribution in [2.75, 3.05) is 33.8 Å². The molecule has 0 spiro atoms. The van der Waals surface area contributed by atoms with Crippen LogP contribution >= 0.6 is 0 Å². The van der Waals surface area contributed by atoms with Crippen molar-refractivity contribution in [3.63, 3.8) is 0 Å². The molecule has 0 amide bonds. The van der Waals surface area contributed by atoms with E-state index in [0.717, 1.165) is 26.1 Å². The van der Waals surface area contributed by atoms with E-state index in [0.29, 0.717) is 12.5 Å². The summed E-state index contributed by atoms with van der Waals surface area (Å²) < 4.78 is 4.57. The molecule has 1 N–H and O–H groups in total. The summed E-state index contributed by atoms with van der Waals surface area (Å²) in [7, 11) is 3.57. The smallest absolute Gasteiger partial charge is 0.305 e. The predicted molar refractivity (Wildman–Crippen MR) is 66.5 cm³/mol. The number of hydrogen-bond donors (Lipinski definition) is 1. The number of ether oxygens (including phenoxy) is 1. The van der Waals surface area contributed by atoms with Gasteiger partial charge in [-0.15, -0.1) is 0 Å². The lowest BCUT2D eigenvalue weighted by atomic mass is 10.2.